The molecule has 0 radical (unpaired) electrons. The van der Waals surface area contributed by atoms with Crippen molar-refractivity contribution in [2.24, 2.45) is 10.8 Å². The number of esters is 2. The van der Waals surface area contributed by atoms with E-state index >= 15 is 0 Å². The maximum atomic E-state index is 14.5. The smallest absolute Gasteiger partial charge is 0.366 e. The first-order valence-electron chi connectivity index (χ1n) is 10.7. The molecular formula is C26H26FNO6. The Morgan fingerprint density at radius 1 is 1.12 bits per heavy atom. The summed E-state index contributed by atoms with van der Waals surface area (Å²) < 4.78 is 35.3. The van der Waals surface area contributed by atoms with E-state index < -0.39 is 34.7 Å². The van der Waals surface area contributed by atoms with Crippen LogP contribution in [0.25, 0.3) is 0 Å². The van der Waals surface area contributed by atoms with Gasteiger partial charge in [0.15, 0.2) is 0 Å². The Hall–Kier alpha value is -3.70. The Bertz CT molecular complexity index is 1110. The van der Waals surface area contributed by atoms with Crippen molar-refractivity contribution < 1.29 is 32.9 Å². The highest BCUT2D eigenvalue weighted by atomic mass is 19.1. The summed E-state index contributed by atoms with van der Waals surface area (Å²) in [5.74, 6) is -2.09. The fourth-order valence-corrected chi connectivity index (χ4v) is 3.62. The minimum atomic E-state index is -1.38. The number of nitriles is 1. The molecule has 2 aromatic carbocycles. The third-order valence-electron chi connectivity index (χ3n) is 5.74. The number of carbonyl (C=O) groups is 2. The largest absolute Gasteiger partial charge is 0.458 e. The number of rotatable bonds is 10. The van der Waals surface area contributed by atoms with Gasteiger partial charge in [0, 0.05) is 12.7 Å². The molecule has 8 heteroatoms. The summed E-state index contributed by atoms with van der Waals surface area (Å²) in [6.45, 7) is 3.51. The van der Waals surface area contributed by atoms with Gasteiger partial charge in [-0.05, 0) is 42.2 Å². The highest BCUT2D eigenvalue weighted by Gasteiger charge is 2.67. The first-order valence-corrected chi connectivity index (χ1v) is 10.7. The molecule has 2 unspecified atom stereocenters. The van der Waals surface area contributed by atoms with E-state index in [4.69, 9.17) is 18.9 Å². The van der Waals surface area contributed by atoms with E-state index in [-0.39, 0.29) is 19.6 Å². The van der Waals surface area contributed by atoms with E-state index in [0.717, 1.165) is 6.08 Å². The lowest BCUT2D eigenvalue weighted by Crippen LogP contribution is -2.25. The lowest BCUT2D eigenvalue weighted by molar-refractivity contribution is -0.152. The molecular weight excluding hydrogens is 441 g/mol. The zero-order valence-corrected chi connectivity index (χ0v) is 19.2. The number of hydrogen-bond donors (Lipinski definition) is 0. The van der Waals surface area contributed by atoms with Crippen LogP contribution in [0.1, 0.15) is 31.9 Å². The molecule has 0 aliphatic heterocycles. The van der Waals surface area contributed by atoms with Crippen molar-refractivity contribution >= 4 is 11.9 Å². The molecule has 2 atom stereocenters. The normalized spacial score (nSPS) is 19.4. The zero-order chi connectivity index (χ0) is 24.8. The lowest BCUT2D eigenvalue weighted by Gasteiger charge is -2.19. The molecule has 0 amide bonds. The topological polar surface area (TPSA) is 94.9 Å². The van der Waals surface area contributed by atoms with Crippen molar-refractivity contribution in [2.45, 2.75) is 26.4 Å². The minimum Gasteiger partial charge on any atom is -0.458 e. The van der Waals surface area contributed by atoms with Crippen LogP contribution in [-0.4, -0.2) is 32.3 Å². The number of ether oxygens (including phenoxy) is 4. The first-order chi connectivity index (χ1) is 16.2. The molecule has 0 saturated heterocycles. The van der Waals surface area contributed by atoms with Crippen molar-refractivity contribution in [3.63, 3.8) is 0 Å². The van der Waals surface area contributed by atoms with E-state index in [1.54, 1.807) is 50.2 Å². The van der Waals surface area contributed by atoms with Crippen molar-refractivity contribution in [3.05, 3.63) is 72.1 Å². The Labute approximate surface area is 197 Å². The number of halogens is 1. The summed E-state index contributed by atoms with van der Waals surface area (Å²) >= 11 is 0. The van der Waals surface area contributed by atoms with Crippen LogP contribution in [0.15, 0.2) is 66.5 Å². The molecule has 7 nitrogen and oxygen atoms in total. The Morgan fingerprint density at radius 2 is 1.79 bits per heavy atom. The number of carbonyl (C=O) groups excluding carboxylic acids is 2. The van der Waals surface area contributed by atoms with Crippen LogP contribution in [0, 0.1) is 22.2 Å². The van der Waals surface area contributed by atoms with Crippen LogP contribution in [0.2, 0.25) is 0 Å². The van der Waals surface area contributed by atoms with Crippen LogP contribution in [0.5, 0.6) is 11.5 Å². The van der Waals surface area contributed by atoms with Gasteiger partial charge in [-0.3, -0.25) is 4.79 Å². The van der Waals surface area contributed by atoms with Crippen LogP contribution in [-0.2, 0) is 23.8 Å². The molecule has 0 spiro atoms. The molecule has 0 bridgehead atoms. The fourth-order valence-electron chi connectivity index (χ4n) is 3.62. The Morgan fingerprint density at radius 3 is 2.41 bits per heavy atom. The quantitative estimate of drug-likeness (QED) is 0.274. The summed E-state index contributed by atoms with van der Waals surface area (Å²) in [4.78, 5) is 25.0. The highest BCUT2D eigenvalue weighted by Crippen LogP contribution is 2.65. The van der Waals surface area contributed by atoms with Gasteiger partial charge in [0.1, 0.15) is 24.2 Å². The highest BCUT2D eigenvalue weighted by molar-refractivity contribution is 5.90. The number of hydrogen-bond acceptors (Lipinski definition) is 7. The number of para-hydroxylation sites is 1. The van der Waals surface area contributed by atoms with E-state index in [9.17, 15) is 19.2 Å². The third-order valence-corrected chi connectivity index (χ3v) is 5.74. The van der Waals surface area contributed by atoms with E-state index in [1.165, 1.54) is 7.11 Å². The minimum absolute atomic E-state index is 0.116. The van der Waals surface area contributed by atoms with Crippen molar-refractivity contribution in [1.82, 2.24) is 0 Å². The molecule has 1 saturated carbocycles. The summed E-state index contributed by atoms with van der Waals surface area (Å²) in [7, 11) is 1.42. The van der Waals surface area contributed by atoms with Crippen molar-refractivity contribution in [1.29, 1.82) is 5.26 Å². The molecule has 178 valence electrons. The summed E-state index contributed by atoms with van der Waals surface area (Å²) in [6.07, 6.45) is -0.0500. The van der Waals surface area contributed by atoms with Gasteiger partial charge in [0.25, 0.3) is 0 Å². The molecule has 0 heterocycles. The van der Waals surface area contributed by atoms with Crippen molar-refractivity contribution in [3.8, 4) is 17.6 Å². The van der Waals surface area contributed by atoms with Gasteiger partial charge in [-0.1, -0.05) is 44.2 Å². The molecule has 34 heavy (non-hydrogen) atoms. The standard InChI is InChI=1S/C26H26FNO6/c1-25(2)17-26(25,15-21(27)23(29)32-13-12-31-3)24(30)34-22(16-28)18-8-7-11-20(14-18)33-19-9-5-4-6-10-19/h4-11,14-15,22H,12-13,17H2,1-3H3. The first kappa shape index (κ1) is 24.9. The van der Waals surface area contributed by atoms with Crippen LogP contribution in [0.3, 0.4) is 0 Å². The van der Waals surface area contributed by atoms with Gasteiger partial charge in [0.2, 0.25) is 11.9 Å². The summed E-state index contributed by atoms with van der Waals surface area (Å²) in [5.41, 5.74) is -1.64. The number of nitrogens with zero attached hydrogens (tertiary/aromatic N) is 1. The lowest BCUT2D eigenvalue weighted by atomic mass is 9.95. The second-order valence-corrected chi connectivity index (χ2v) is 8.56. The predicted octanol–water partition coefficient (Wildman–Crippen LogP) is 5.05. The summed E-state index contributed by atoms with van der Waals surface area (Å²) in [5, 5.41) is 9.67. The Balaban J connectivity index is 1.75. The molecule has 0 N–H and O–H groups in total. The fraction of sp³-hybridized carbons (Fsp3) is 0.346. The van der Waals surface area contributed by atoms with Gasteiger partial charge in [0.05, 0.1) is 12.0 Å². The van der Waals surface area contributed by atoms with E-state index in [1.807, 2.05) is 24.3 Å². The molecule has 1 aliphatic carbocycles. The average Bonchev–Trinajstić information content (AvgIpc) is 3.39. The predicted molar refractivity (Wildman–Crippen MR) is 120 cm³/mol. The maximum Gasteiger partial charge on any atom is 0.366 e. The van der Waals surface area contributed by atoms with Crippen LogP contribution in [0.4, 0.5) is 4.39 Å². The second kappa shape index (κ2) is 10.5. The molecule has 2 aromatic rings. The molecule has 1 fully saturated rings. The molecule has 3 rings (SSSR count). The van der Waals surface area contributed by atoms with Gasteiger partial charge in [-0.2, -0.15) is 9.65 Å². The van der Waals surface area contributed by atoms with Gasteiger partial charge < -0.3 is 18.9 Å². The zero-order valence-electron chi connectivity index (χ0n) is 19.2. The molecule has 0 aromatic heterocycles. The Kier molecular flexibility index (Phi) is 7.69. The van der Waals surface area contributed by atoms with Crippen LogP contribution >= 0.6 is 0 Å². The average molecular weight is 467 g/mol. The number of benzene rings is 2. The SMILES string of the molecule is COCCOC(=O)C(F)=CC1(C(=O)OC(C#N)c2cccc(Oc3ccccc3)c2)CC1(C)C. The summed E-state index contributed by atoms with van der Waals surface area (Å²) in [6, 6.07) is 17.7. The van der Waals surface area contributed by atoms with Gasteiger partial charge in [-0.15, -0.1) is 0 Å². The third kappa shape index (κ3) is 5.61. The molecule has 1 aliphatic rings. The van der Waals surface area contributed by atoms with E-state index in [0.29, 0.717) is 17.1 Å². The maximum absolute atomic E-state index is 14.5. The van der Waals surface area contributed by atoms with Crippen LogP contribution < -0.4 is 4.74 Å². The number of methoxy groups -OCH3 is 1. The van der Waals surface area contributed by atoms with Gasteiger partial charge in [-0.25, -0.2) is 4.79 Å². The van der Waals surface area contributed by atoms with Gasteiger partial charge >= 0.3 is 11.9 Å². The monoisotopic (exact) mass is 467 g/mol. The van der Waals surface area contributed by atoms with E-state index in [2.05, 4.69) is 0 Å². The second-order valence-electron chi connectivity index (χ2n) is 8.56. The van der Waals surface area contributed by atoms with Crippen molar-refractivity contribution in [2.75, 3.05) is 20.3 Å².